The third-order valence-electron chi connectivity index (χ3n) is 2.43. The molecule has 0 aliphatic carbocycles. The van der Waals surface area contributed by atoms with E-state index in [2.05, 4.69) is 9.72 Å². The van der Waals surface area contributed by atoms with Gasteiger partial charge in [0.1, 0.15) is 12.2 Å². The van der Waals surface area contributed by atoms with Gasteiger partial charge in [0.05, 0.1) is 19.3 Å². The second kappa shape index (κ2) is 7.22. The Hall–Kier alpha value is -2.44. The van der Waals surface area contributed by atoms with Crippen LogP contribution in [0.3, 0.4) is 0 Å². The van der Waals surface area contributed by atoms with Gasteiger partial charge in [-0.3, -0.25) is 14.6 Å². The fourth-order valence-electron chi connectivity index (χ4n) is 1.50. The lowest BCUT2D eigenvalue weighted by Crippen LogP contribution is -2.34. The second-order valence-electron chi connectivity index (χ2n) is 3.86. The van der Waals surface area contributed by atoms with E-state index in [1.54, 1.807) is 6.92 Å². The Morgan fingerprint density at radius 3 is 2.65 bits per heavy atom. The molecule has 7 nitrogen and oxygen atoms in total. The van der Waals surface area contributed by atoms with Gasteiger partial charge >= 0.3 is 11.9 Å². The van der Waals surface area contributed by atoms with Crippen LogP contribution in [0.25, 0.3) is 0 Å². The molecule has 0 bridgehead atoms. The molecule has 1 amide bonds. The highest BCUT2D eigenvalue weighted by Gasteiger charge is 2.23. The van der Waals surface area contributed by atoms with Crippen molar-refractivity contribution in [1.29, 1.82) is 0 Å². The maximum Gasteiger partial charge on any atom is 0.340 e. The van der Waals surface area contributed by atoms with E-state index in [-0.39, 0.29) is 24.4 Å². The van der Waals surface area contributed by atoms with Crippen molar-refractivity contribution in [2.24, 2.45) is 0 Å². The lowest BCUT2D eigenvalue weighted by Gasteiger charge is -2.16. The number of esters is 2. The fourth-order valence-corrected chi connectivity index (χ4v) is 1.50. The zero-order valence-corrected chi connectivity index (χ0v) is 11.6. The molecule has 7 heteroatoms. The van der Waals surface area contributed by atoms with Crippen LogP contribution in [0.1, 0.15) is 27.8 Å². The smallest absolute Gasteiger partial charge is 0.340 e. The second-order valence-corrected chi connectivity index (χ2v) is 3.86. The van der Waals surface area contributed by atoms with Gasteiger partial charge in [0.25, 0.3) is 5.91 Å². The number of carbonyl (C=O) groups excluding carboxylic acids is 3. The third kappa shape index (κ3) is 3.78. The molecule has 0 fully saturated rings. The molecular formula is C13H16N2O5. The number of methoxy groups -OCH3 is 1. The molecule has 0 N–H and O–H groups in total. The van der Waals surface area contributed by atoms with Crippen molar-refractivity contribution in [1.82, 2.24) is 9.88 Å². The summed E-state index contributed by atoms with van der Waals surface area (Å²) in [4.78, 5) is 40.1. The van der Waals surface area contributed by atoms with Gasteiger partial charge in [0.2, 0.25) is 0 Å². The van der Waals surface area contributed by atoms with E-state index in [1.165, 1.54) is 32.5 Å². The zero-order chi connectivity index (χ0) is 15.1. The van der Waals surface area contributed by atoms with Gasteiger partial charge < -0.3 is 14.4 Å². The van der Waals surface area contributed by atoms with Crippen molar-refractivity contribution in [2.45, 2.75) is 6.92 Å². The normalized spacial score (nSPS) is 9.75. The zero-order valence-electron chi connectivity index (χ0n) is 11.6. The van der Waals surface area contributed by atoms with Crippen molar-refractivity contribution in [2.75, 3.05) is 27.3 Å². The van der Waals surface area contributed by atoms with Gasteiger partial charge in [0.15, 0.2) is 0 Å². The summed E-state index contributed by atoms with van der Waals surface area (Å²) in [5.74, 6) is -1.75. The molecule has 20 heavy (non-hydrogen) atoms. The Bertz CT molecular complexity index is 515. The van der Waals surface area contributed by atoms with E-state index < -0.39 is 17.8 Å². The average molecular weight is 280 g/mol. The van der Waals surface area contributed by atoms with Crippen molar-refractivity contribution in [3.63, 3.8) is 0 Å². The first-order valence-corrected chi connectivity index (χ1v) is 5.95. The molecule has 0 spiro atoms. The fraction of sp³-hybridized carbons (Fsp3) is 0.385. The molecule has 0 unspecified atom stereocenters. The standard InChI is InChI=1S/C13H16N2O5/c1-4-20-10(16)8-15(2)12(17)11-9(13(18)19-3)6-5-7-14-11/h5-7H,4,8H2,1-3H3. The third-order valence-corrected chi connectivity index (χ3v) is 2.43. The van der Waals surface area contributed by atoms with Crippen LogP contribution in [-0.2, 0) is 14.3 Å². The van der Waals surface area contributed by atoms with Crippen LogP contribution in [0.15, 0.2) is 18.3 Å². The number of hydrogen-bond acceptors (Lipinski definition) is 6. The number of aromatic nitrogens is 1. The van der Waals surface area contributed by atoms with Gasteiger partial charge in [-0.2, -0.15) is 0 Å². The molecule has 1 rings (SSSR count). The summed E-state index contributed by atoms with van der Waals surface area (Å²) in [7, 11) is 2.64. The number of ether oxygens (including phenoxy) is 2. The summed E-state index contributed by atoms with van der Waals surface area (Å²) >= 11 is 0. The van der Waals surface area contributed by atoms with E-state index in [9.17, 15) is 14.4 Å². The highest BCUT2D eigenvalue weighted by Crippen LogP contribution is 2.09. The molecule has 0 radical (unpaired) electrons. The SMILES string of the molecule is CCOC(=O)CN(C)C(=O)c1ncccc1C(=O)OC. The van der Waals surface area contributed by atoms with Crippen LogP contribution in [0, 0.1) is 0 Å². The molecule has 0 saturated carbocycles. The first-order valence-electron chi connectivity index (χ1n) is 5.95. The van der Waals surface area contributed by atoms with Crippen LogP contribution in [0.2, 0.25) is 0 Å². The highest BCUT2D eigenvalue weighted by atomic mass is 16.5. The number of rotatable bonds is 5. The molecule has 1 aromatic rings. The van der Waals surface area contributed by atoms with Crippen LogP contribution < -0.4 is 0 Å². The molecule has 1 heterocycles. The summed E-state index contributed by atoms with van der Waals surface area (Å²) in [5, 5.41) is 0. The van der Waals surface area contributed by atoms with E-state index in [1.807, 2.05) is 0 Å². The lowest BCUT2D eigenvalue weighted by molar-refractivity contribution is -0.143. The number of carbonyl (C=O) groups is 3. The van der Waals surface area contributed by atoms with Crippen molar-refractivity contribution in [3.05, 3.63) is 29.6 Å². The van der Waals surface area contributed by atoms with Crippen LogP contribution in [-0.4, -0.2) is 55.0 Å². The van der Waals surface area contributed by atoms with E-state index in [0.29, 0.717) is 0 Å². The number of nitrogens with zero attached hydrogens (tertiary/aromatic N) is 2. The summed E-state index contributed by atoms with van der Waals surface area (Å²) in [6.07, 6.45) is 1.39. The van der Waals surface area contributed by atoms with Crippen LogP contribution >= 0.6 is 0 Å². The molecule has 0 aliphatic rings. The van der Waals surface area contributed by atoms with Crippen molar-refractivity contribution in [3.8, 4) is 0 Å². The Morgan fingerprint density at radius 2 is 2.05 bits per heavy atom. The minimum absolute atomic E-state index is 0.0516. The minimum atomic E-state index is -0.661. The number of likely N-dealkylation sites (N-methyl/N-ethyl adjacent to an activating group) is 1. The van der Waals surface area contributed by atoms with E-state index in [4.69, 9.17) is 4.74 Å². The number of hydrogen-bond donors (Lipinski definition) is 0. The highest BCUT2D eigenvalue weighted by molar-refractivity contribution is 6.04. The maximum absolute atomic E-state index is 12.2. The summed E-state index contributed by atoms with van der Waals surface area (Å²) in [6, 6.07) is 2.96. The summed E-state index contributed by atoms with van der Waals surface area (Å²) in [5.41, 5.74) is -0.0122. The number of pyridine rings is 1. The van der Waals surface area contributed by atoms with E-state index in [0.717, 1.165) is 4.90 Å². The van der Waals surface area contributed by atoms with Crippen molar-refractivity contribution >= 4 is 17.8 Å². The Balaban J connectivity index is 2.92. The average Bonchev–Trinajstić information content (AvgIpc) is 2.45. The molecule has 0 aliphatic heterocycles. The van der Waals surface area contributed by atoms with Gasteiger partial charge in [0, 0.05) is 13.2 Å². The van der Waals surface area contributed by atoms with Gasteiger partial charge in [-0.15, -0.1) is 0 Å². The molecule has 0 atom stereocenters. The van der Waals surface area contributed by atoms with Crippen molar-refractivity contribution < 1.29 is 23.9 Å². The Kier molecular flexibility index (Phi) is 5.64. The molecule has 0 saturated heterocycles. The molecule has 108 valence electrons. The molecular weight excluding hydrogens is 264 g/mol. The van der Waals surface area contributed by atoms with Crippen LogP contribution in [0.4, 0.5) is 0 Å². The van der Waals surface area contributed by atoms with Gasteiger partial charge in [-0.05, 0) is 19.1 Å². The Labute approximate surface area is 116 Å². The first-order chi connectivity index (χ1) is 9.51. The van der Waals surface area contributed by atoms with Crippen LogP contribution in [0.5, 0.6) is 0 Å². The predicted molar refractivity (Wildman–Crippen MR) is 69.2 cm³/mol. The molecule has 0 aromatic carbocycles. The maximum atomic E-state index is 12.2. The van der Waals surface area contributed by atoms with E-state index >= 15 is 0 Å². The van der Waals surface area contributed by atoms with Gasteiger partial charge in [-0.25, -0.2) is 4.79 Å². The number of amides is 1. The quantitative estimate of drug-likeness (QED) is 0.730. The predicted octanol–water partition coefficient (Wildman–Crippen LogP) is 0.503. The summed E-state index contributed by atoms with van der Waals surface area (Å²) < 4.78 is 9.34. The topological polar surface area (TPSA) is 85.8 Å². The van der Waals surface area contributed by atoms with Gasteiger partial charge in [-0.1, -0.05) is 0 Å². The Morgan fingerprint density at radius 1 is 1.35 bits per heavy atom. The minimum Gasteiger partial charge on any atom is -0.465 e. The lowest BCUT2D eigenvalue weighted by atomic mass is 10.2. The molecule has 1 aromatic heterocycles. The largest absolute Gasteiger partial charge is 0.465 e. The monoisotopic (exact) mass is 280 g/mol. The first kappa shape index (κ1) is 15.6. The summed E-state index contributed by atoms with van der Waals surface area (Å²) in [6.45, 7) is 1.69.